The van der Waals surface area contributed by atoms with Crippen LogP contribution >= 0.6 is 24.0 Å². The summed E-state index contributed by atoms with van der Waals surface area (Å²) < 4.78 is 5.60. The van der Waals surface area contributed by atoms with Gasteiger partial charge in [0.05, 0.1) is 0 Å². The SMILES string of the molecule is CCNC(=NCCCOCC(C)C)NCCN1CCCN(C)CC1.I. The van der Waals surface area contributed by atoms with Crippen LogP contribution in [0, 0.1) is 5.92 Å². The molecule has 1 rings (SSSR count). The second kappa shape index (κ2) is 16.1. The van der Waals surface area contributed by atoms with Gasteiger partial charge >= 0.3 is 0 Å². The fourth-order valence-electron chi connectivity index (χ4n) is 2.67. The van der Waals surface area contributed by atoms with Gasteiger partial charge in [-0.2, -0.15) is 0 Å². The minimum absolute atomic E-state index is 0. The summed E-state index contributed by atoms with van der Waals surface area (Å²) in [5, 5.41) is 6.77. The van der Waals surface area contributed by atoms with Gasteiger partial charge in [0.1, 0.15) is 0 Å². The Hall–Kier alpha value is -0.120. The Morgan fingerprint density at radius 1 is 1.16 bits per heavy atom. The molecule has 0 aromatic heterocycles. The summed E-state index contributed by atoms with van der Waals surface area (Å²) in [7, 11) is 2.21. The number of hydrogen-bond donors (Lipinski definition) is 2. The molecule has 0 unspecified atom stereocenters. The van der Waals surface area contributed by atoms with E-state index >= 15 is 0 Å². The maximum atomic E-state index is 5.60. The molecule has 2 N–H and O–H groups in total. The largest absolute Gasteiger partial charge is 0.381 e. The van der Waals surface area contributed by atoms with Gasteiger partial charge in [0, 0.05) is 52.5 Å². The van der Waals surface area contributed by atoms with Gasteiger partial charge in [-0.05, 0) is 45.8 Å². The van der Waals surface area contributed by atoms with Crippen LogP contribution in [0.2, 0.25) is 0 Å². The first-order valence-electron chi connectivity index (χ1n) is 9.62. The molecule has 0 bridgehead atoms. The third kappa shape index (κ3) is 13.7. The van der Waals surface area contributed by atoms with E-state index in [0.717, 1.165) is 51.8 Å². The quantitative estimate of drug-likeness (QED) is 0.222. The van der Waals surface area contributed by atoms with E-state index in [1.54, 1.807) is 0 Å². The normalized spacial score (nSPS) is 17.2. The second-order valence-electron chi connectivity index (χ2n) is 7.01. The van der Waals surface area contributed by atoms with Gasteiger partial charge in [0.15, 0.2) is 5.96 Å². The molecule has 0 radical (unpaired) electrons. The Balaban J connectivity index is 0.00000576. The molecule has 7 heteroatoms. The molecule has 0 atom stereocenters. The fraction of sp³-hybridized carbons (Fsp3) is 0.944. The average Bonchev–Trinajstić information content (AvgIpc) is 2.75. The third-order valence-electron chi connectivity index (χ3n) is 4.04. The van der Waals surface area contributed by atoms with Crippen LogP contribution in [0.1, 0.15) is 33.6 Å². The molecule has 1 fully saturated rings. The molecule has 1 aliphatic rings. The fourth-order valence-corrected chi connectivity index (χ4v) is 2.67. The number of hydrogen-bond acceptors (Lipinski definition) is 4. The summed E-state index contributed by atoms with van der Waals surface area (Å²) in [6.45, 7) is 16.6. The molecule has 0 spiro atoms. The zero-order valence-corrected chi connectivity index (χ0v) is 19.1. The molecule has 25 heavy (non-hydrogen) atoms. The third-order valence-corrected chi connectivity index (χ3v) is 4.04. The second-order valence-corrected chi connectivity index (χ2v) is 7.01. The van der Waals surface area contributed by atoms with E-state index < -0.39 is 0 Å². The van der Waals surface area contributed by atoms with Gasteiger partial charge in [-0.15, -0.1) is 24.0 Å². The first-order chi connectivity index (χ1) is 11.6. The maximum Gasteiger partial charge on any atom is 0.191 e. The Labute approximate surface area is 172 Å². The summed E-state index contributed by atoms with van der Waals surface area (Å²) in [4.78, 5) is 9.59. The van der Waals surface area contributed by atoms with Crippen molar-refractivity contribution < 1.29 is 4.74 Å². The lowest BCUT2D eigenvalue weighted by Crippen LogP contribution is -2.42. The molecule has 1 heterocycles. The zero-order valence-electron chi connectivity index (χ0n) is 16.7. The van der Waals surface area contributed by atoms with Gasteiger partial charge in [-0.1, -0.05) is 13.8 Å². The minimum Gasteiger partial charge on any atom is -0.381 e. The standard InChI is InChI=1S/C18H39N5O.HI/c1-5-19-18(20-8-6-15-24-16-17(2)3)21-9-12-23-11-7-10-22(4)13-14-23;/h17H,5-16H2,1-4H3,(H2,19,20,21);1H. The van der Waals surface area contributed by atoms with Crippen LogP contribution in [0.3, 0.4) is 0 Å². The maximum absolute atomic E-state index is 5.60. The van der Waals surface area contributed by atoms with Crippen molar-refractivity contribution in [3.63, 3.8) is 0 Å². The molecule has 0 amide bonds. The van der Waals surface area contributed by atoms with Crippen LogP contribution in [0.15, 0.2) is 4.99 Å². The molecule has 1 aliphatic heterocycles. The summed E-state index contributed by atoms with van der Waals surface area (Å²) in [5.41, 5.74) is 0. The first kappa shape index (κ1) is 24.9. The van der Waals surface area contributed by atoms with Crippen molar-refractivity contribution in [1.29, 1.82) is 0 Å². The van der Waals surface area contributed by atoms with E-state index in [2.05, 4.69) is 53.2 Å². The van der Waals surface area contributed by atoms with Crippen LogP contribution in [-0.4, -0.2) is 88.4 Å². The van der Waals surface area contributed by atoms with Gasteiger partial charge in [-0.3, -0.25) is 4.99 Å². The first-order valence-corrected chi connectivity index (χ1v) is 9.62. The summed E-state index contributed by atoms with van der Waals surface area (Å²) in [6.07, 6.45) is 2.24. The van der Waals surface area contributed by atoms with E-state index in [0.29, 0.717) is 5.92 Å². The Morgan fingerprint density at radius 3 is 2.68 bits per heavy atom. The number of halogens is 1. The molecule has 1 saturated heterocycles. The van der Waals surface area contributed by atoms with Crippen LogP contribution in [0.4, 0.5) is 0 Å². The average molecular weight is 469 g/mol. The minimum atomic E-state index is 0. The predicted octanol–water partition coefficient (Wildman–Crippen LogP) is 1.86. The molecule has 6 nitrogen and oxygen atoms in total. The van der Waals surface area contributed by atoms with Gasteiger partial charge in [0.2, 0.25) is 0 Å². The van der Waals surface area contributed by atoms with Crippen molar-refractivity contribution in [3.05, 3.63) is 0 Å². The number of rotatable bonds is 10. The lowest BCUT2D eigenvalue weighted by atomic mass is 10.2. The van der Waals surface area contributed by atoms with E-state index in [-0.39, 0.29) is 24.0 Å². The zero-order chi connectivity index (χ0) is 17.6. The number of nitrogens with zero attached hydrogens (tertiary/aromatic N) is 3. The molecule has 150 valence electrons. The van der Waals surface area contributed by atoms with Crippen LogP contribution < -0.4 is 10.6 Å². The van der Waals surface area contributed by atoms with Gasteiger partial charge in [0.25, 0.3) is 0 Å². The van der Waals surface area contributed by atoms with Crippen molar-refractivity contribution in [2.24, 2.45) is 10.9 Å². The van der Waals surface area contributed by atoms with E-state index in [9.17, 15) is 0 Å². The van der Waals surface area contributed by atoms with E-state index in [1.807, 2.05) is 0 Å². The number of ether oxygens (including phenoxy) is 1. The van der Waals surface area contributed by atoms with Gasteiger partial charge in [-0.25, -0.2) is 0 Å². The summed E-state index contributed by atoms with van der Waals surface area (Å²) in [6, 6.07) is 0. The van der Waals surface area contributed by atoms with Crippen molar-refractivity contribution in [2.45, 2.75) is 33.6 Å². The Bertz CT molecular complexity index is 341. The summed E-state index contributed by atoms with van der Waals surface area (Å²) >= 11 is 0. The van der Waals surface area contributed by atoms with Crippen molar-refractivity contribution >= 4 is 29.9 Å². The molecule has 0 aromatic rings. The molecule has 0 saturated carbocycles. The lowest BCUT2D eigenvalue weighted by Gasteiger charge is -2.21. The van der Waals surface area contributed by atoms with Gasteiger partial charge < -0.3 is 25.2 Å². The number of likely N-dealkylation sites (N-methyl/N-ethyl adjacent to an activating group) is 1. The van der Waals surface area contributed by atoms with Crippen molar-refractivity contribution in [3.8, 4) is 0 Å². The van der Waals surface area contributed by atoms with E-state index in [4.69, 9.17) is 4.74 Å². The Kier molecular flexibility index (Phi) is 16.0. The van der Waals surface area contributed by atoms with Crippen molar-refractivity contribution in [1.82, 2.24) is 20.4 Å². The molecular formula is C18H40IN5O. The predicted molar refractivity (Wildman–Crippen MR) is 118 cm³/mol. The summed E-state index contributed by atoms with van der Waals surface area (Å²) in [5.74, 6) is 1.53. The van der Waals surface area contributed by atoms with Crippen LogP contribution in [-0.2, 0) is 4.74 Å². The Morgan fingerprint density at radius 2 is 1.96 bits per heavy atom. The number of nitrogens with one attached hydrogen (secondary N) is 2. The topological polar surface area (TPSA) is 52.1 Å². The van der Waals surface area contributed by atoms with E-state index in [1.165, 1.54) is 32.6 Å². The van der Waals surface area contributed by atoms with Crippen LogP contribution in [0.5, 0.6) is 0 Å². The number of guanidine groups is 1. The van der Waals surface area contributed by atoms with Crippen molar-refractivity contribution in [2.75, 3.05) is 72.6 Å². The molecule has 0 aliphatic carbocycles. The monoisotopic (exact) mass is 469 g/mol. The highest BCUT2D eigenvalue weighted by atomic mass is 127. The number of aliphatic imine (C=N–C) groups is 1. The molecular weight excluding hydrogens is 429 g/mol. The highest BCUT2D eigenvalue weighted by molar-refractivity contribution is 14.0. The lowest BCUT2D eigenvalue weighted by molar-refractivity contribution is 0.109. The highest BCUT2D eigenvalue weighted by Gasteiger charge is 2.11. The molecule has 0 aromatic carbocycles. The highest BCUT2D eigenvalue weighted by Crippen LogP contribution is 1.99. The smallest absolute Gasteiger partial charge is 0.191 e. The van der Waals surface area contributed by atoms with Crippen LogP contribution in [0.25, 0.3) is 0 Å².